The van der Waals surface area contributed by atoms with Crippen molar-refractivity contribution in [1.29, 1.82) is 0 Å². The predicted octanol–water partition coefficient (Wildman–Crippen LogP) is 5.56. The monoisotopic (exact) mass is 592 g/mol. The van der Waals surface area contributed by atoms with Gasteiger partial charge >= 0.3 is 6.18 Å². The van der Waals surface area contributed by atoms with Crippen LogP contribution in [0.1, 0.15) is 35.7 Å². The quantitative estimate of drug-likeness (QED) is 0.168. The molecule has 0 saturated heterocycles. The number of benzene rings is 1. The van der Waals surface area contributed by atoms with Crippen LogP contribution in [-0.4, -0.2) is 54.8 Å². The second kappa shape index (κ2) is 11.7. The van der Waals surface area contributed by atoms with E-state index >= 15 is 0 Å². The van der Waals surface area contributed by atoms with Crippen molar-refractivity contribution in [3.63, 3.8) is 0 Å². The van der Waals surface area contributed by atoms with Gasteiger partial charge in [-0.3, -0.25) is 4.98 Å². The summed E-state index contributed by atoms with van der Waals surface area (Å²) in [4.78, 5) is 9.14. The largest absolute Gasteiger partial charge is 0.418 e. The second-order valence-corrected chi connectivity index (χ2v) is 10.4. The van der Waals surface area contributed by atoms with Crippen molar-refractivity contribution in [3.8, 4) is 39.6 Å². The van der Waals surface area contributed by atoms with Gasteiger partial charge in [-0.2, -0.15) is 18.3 Å². The standard InChI is InChI=1S/C30H28F4N8O/c1-41-17-36-40-29(41)24-13-21(31)5-7-23(24)19-11-26(18-3-4-18)39-27(12-19)42-16-20(14-37-42)28-25(30(32,33)34)8-6-22(38-28)15-35-9-10-43-2/h5-8,11-14,16-18,35H,3-4,9-10,15H2,1-2H3. The molecule has 0 spiro atoms. The molecule has 0 aliphatic heterocycles. The molecule has 4 heterocycles. The maximum absolute atomic E-state index is 14.4. The Morgan fingerprint density at radius 2 is 1.86 bits per heavy atom. The molecular formula is C30H28F4N8O. The van der Waals surface area contributed by atoms with Crippen molar-refractivity contribution in [3.05, 3.63) is 84.0 Å². The summed E-state index contributed by atoms with van der Waals surface area (Å²) in [5, 5.41) is 15.6. The predicted molar refractivity (Wildman–Crippen MR) is 151 cm³/mol. The van der Waals surface area contributed by atoms with E-state index in [2.05, 4.69) is 25.6 Å². The fraction of sp³-hybridized carbons (Fsp3) is 0.300. The minimum absolute atomic E-state index is 0.202. The molecule has 4 aromatic heterocycles. The van der Waals surface area contributed by atoms with E-state index in [-0.39, 0.29) is 23.7 Å². The van der Waals surface area contributed by atoms with Crippen molar-refractivity contribution >= 4 is 0 Å². The lowest BCUT2D eigenvalue weighted by atomic mass is 9.98. The Labute approximate surface area is 244 Å². The minimum Gasteiger partial charge on any atom is -0.383 e. The van der Waals surface area contributed by atoms with E-state index in [4.69, 9.17) is 9.72 Å². The van der Waals surface area contributed by atoms with Crippen molar-refractivity contribution in [1.82, 2.24) is 39.8 Å². The van der Waals surface area contributed by atoms with E-state index in [0.717, 1.165) is 30.2 Å². The van der Waals surface area contributed by atoms with Crippen molar-refractivity contribution < 1.29 is 22.3 Å². The van der Waals surface area contributed by atoms with Gasteiger partial charge in [-0.25, -0.2) is 14.1 Å². The highest BCUT2D eigenvalue weighted by molar-refractivity contribution is 5.81. The topological polar surface area (TPSA) is 95.6 Å². The number of ether oxygens (including phenoxy) is 1. The number of rotatable bonds is 10. The summed E-state index contributed by atoms with van der Waals surface area (Å²) >= 11 is 0. The molecule has 0 atom stereocenters. The van der Waals surface area contributed by atoms with Gasteiger partial charge in [0.05, 0.1) is 29.8 Å². The van der Waals surface area contributed by atoms with Gasteiger partial charge in [0.2, 0.25) is 0 Å². The van der Waals surface area contributed by atoms with Gasteiger partial charge in [-0.1, -0.05) is 6.07 Å². The van der Waals surface area contributed by atoms with E-state index in [1.165, 1.54) is 41.6 Å². The molecule has 1 aliphatic carbocycles. The summed E-state index contributed by atoms with van der Waals surface area (Å²) in [6.45, 7) is 1.28. The summed E-state index contributed by atoms with van der Waals surface area (Å²) in [6, 6.07) is 10.6. The van der Waals surface area contributed by atoms with Crippen molar-refractivity contribution in [2.45, 2.75) is 31.5 Å². The Morgan fingerprint density at radius 3 is 2.58 bits per heavy atom. The molecular weight excluding hydrogens is 564 g/mol. The summed E-state index contributed by atoms with van der Waals surface area (Å²) in [6.07, 6.45) is 1.73. The number of pyridine rings is 2. The molecule has 5 aromatic rings. The Balaban J connectivity index is 1.41. The highest BCUT2D eigenvalue weighted by Gasteiger charge is 2.35. The third-order valence-electron chi connectivity index (χ3n) is 7.21. The molecule has 9 nitrogen and oxygen atoms in total. The number of aryl methyl sites for hydroxylation is 1. The zero-order valence-corrected chi connectivity index (χ0v) is 23.4. The highest BCUT2D eigenvalue weighted by atomic mass is 19.4. The Morgan fingerprint density at radius 1 is 1.02 bits per heavy atom. The maximum Gasteiger partial charge on any atom is 0.418 e. The normalized spacial score (nSPS) is 13.5. The third-order valence-corrected chi connectivity index (χ3v) is 7.21. The average molecular weight is 593 g/mol. The van der Waals surface area contributed by atoms with Gasteiger partial charge < -0.3 is 14.6 Å². The van der Waals surface area contributed by atoms with E-state index < -0.39 is 17.6 Å². The van der Waals surface area contributed by atoms with Crippen molar-refractivity contribution in [2.75, 3.05) is 20.3 Å². The zero-order valence-electron chi connectivity index (χ0n) is 23.4. The molecule has 13 heteroatoms. The summed E-state index contributed by atoms with van der Waals surface area (Å²) in [5.74, 6) is 0.752. The first-order valence-corrected chi connectivity index (χ1v) is 13.7. The molecule has 0 bridgehead atoms. The zero-order chi connectivity index (χ0) is 30.1. The third kappa shape index (κ3) is 6.18. The second-order valence-electron chi connectivity index (χ2n) is 10.4. The molecule has 1 N–H and O–H groups in total. The Kier molecular flexibility index (Phi) is 7.75. The minimum atomic E-state index is -4.61. The smallest absolute Gasteiger partial charge is 0.383 e. The van der Waals surface area contributed by atoms with Crippen LogP contribution in [0.4, 0.5) is 17.6 Å². The molecule has 1 aromatic carbocycles. The Bertz CT molecular complexity index is 1760. The van der Waals surface area contributed by atoms with Crippen LogP contribution in [0, 0.1) is 5.82 Å². The number of aromatic nitrogens is 7. The van der Waals surface area contributed by atoms with Gasteiger partial charge in [0.25, 0.3) is 0 Å². The molecule has 0 radical (unpaired) electrons. The molecule has 6 rings (SSSR count). The van der Waals surface area contributed by atoms with Crippen LogP contribution < -0.4 is 5.32 Å². The van der Waals surface area contributed by atoms with Gasteiger partial charge in [-0.05, 0) is 60.4 Å². The average Bonchev–Trinajstić information content (AvgIpc) is 3.56. The maximum atomic E-state index is 14.4. The fourth-order valence-electron chi connectivity index (χ4n) is 4.89. The number of alkyl halides is 3. The molecule has 1 fully saturated rings. The first-order valence-electron chi connectivity index (χ1n) is 13.7. The Hall–Kier alpha value is -4.49. The van der Waals surface area contributed by atoms with Crippen LogP contribution in [0.2, 0.25) is 0 Å². The van der Waals surface area contributed by atoms with E-state index in [9.17, 15) is 17.6 Å². The highest BCUT2D eigenvalue weighted by Crippen LogP contribution is 2.42. The van der Waals surface area contributed by atoms with Crippen LogP contribution in [0.15, 0.2) is 61.2 Å². The number of hydrogen-bond acceptors (Lipinski definition) is 7. The van der Waals surface area contributed by atoms with Crippen LogP contribution in [0.3, 0.4) is 0 Å². The molecule has 1 saturated carbocycles. The molecule has 1 aliphatic rings. The number of nitrogens with one attached hydrogen (secondary N) is 1. The molecule has 43 heavy (non-hydrogen) atoms. The number of halogens is 4. The lowest BCUT2D eigenvalue weighted by Gasteiger charge is -2.13. The lowest BCUT2D eigenvalue weighted by Crippen LogP contribution is -2.20. The first-order chi connectivity index (χ1) is 20.7. The fourth-order valence-corrected chi connectivity index (χ4v) is 4.89. The van der Waals surface area contributed by atoms with Gasteiger partial charge in [0.1, 0.15) is 12.1 Å². The van der Waals surface area contributed by atoms with Gasteiger partial charge in [0, 0.05) is 56.2 Å². The molecule has 0 unspecified atom stereocenters. The van der Waals surface area contributed by atoms with Gasteiger partial charge in [0.15, 0.2) is 11.6 Å². The number of methoxy groups -OCH3 is 1. The van der Waals surface area contributed by atoms with E-state index in [1.54, 1.807) is 30.9 Å². The first kappa shape index (κ1) is 28.6. The summed E-state index contributed by atoms with van der Waals surface area (Å²) in [5.41, 5.74) is 2.43. The molecule has 0 amide bonds. The summed E-state index contributed by atoms with van der Waals surface area (Å²) in [7, 11) is 3.35. The SMILES string of the molecule is COCCNCc1ccc(C(F)(F)F)c(-c2cnn(-c3cc(-c4ccc(F)cc4-c4nncn4C)cc(C4CC4)n3)c2)n1. The number of hydrogen-bond donors (Lipinski definition) is 1. The van der Waals surface area contributed by atoms with Crippen molar-refractivity contribution in [2.24, 2.45) is 7.05 Å². The summed E-state index contributed by atoms with van der Waals surface area (Å²) < 4.78 is 64.5. The van der Waals surface area contributed by atoms with E-state index in [1.807, 2.05) is 6.07 Å². The van der Waals surface area contributed by atoms with E-state index in [0.29, 0.717) is 41.6 Å². The number of nitrogens with zero attached hydrogens (tertiary/aromatic N) is 7. The van der Waals surface area contributed by atoms with Crippen LogP contribution in [0.25, 0.3) is 39.6 Å². The molecule has 222 valence electrons. The van der Waals surface area contributed by atoms with Crippen LogP contribution in [-0.2, 0) is 24.5 Å². The van der Waals surface area contributed by atoms with Crippen LogP contribution in [0.5, 0.6) is 0 Å². The van der Waals surface area contributed by atoms with Crippen LogP contribution >= 0.6 is 0 Å². The van der Waals surface area contributed by atoms with Gasteiger partial charge in [-0.15, -0.1) is 10.2 Å². The lowest BCUT2D eigenvalue weighted by molar-refractivity contribution is -0.137.